The van der Waals surface area contributed by atoms with Gasteiger partial charge in [0.05, 0.1) is 6.54 Å². The van der Waals surface area contributed by atoms with Crippen molar-refractivity contribution >= 4 is 44.6 Å². The van der Waals surface area contributed by atoms with Crippen molar-refractivity contribution in [2.75, 3.05) is 5.73 Å². The molecule has 3 N–H and O–H groups in total. The van der Waals surface area contributed by atoms with Crippen LogP contribution < -0.4 is 11.3 Å². The molecule has 0 aliphatic rings. The third-order valence-electron chi connectivity index (χ3n) is 2.81. The molecule has 0 saturated carbocycles. The molecule has 0 amide bonds. The molecular weight excluding hydrogens is 346 g/mol. The number of fused-ring (bicyclic) bond motifs is 1. The first kappa shape index (κ1) is 13.1. The van der Waals surface area contributed by atoms with Crippen LogP contribution >= 0.6 is 27.5 Å². The summed E-state index contributed by atoms with van der Waals surface area (Å²) >= 11 is 9.30. The van der Waals surface area contributed by atoms with Crippen LogP contribution in [0.15, 0.2) is 33.8 Å². The van der Waals surface area contributed by atoms with Crippen LogP contribution in [0.1, 0.15) is 5.56 Å². The van der Waals surface area contributed by atoms with Gasteiger partial charge < -0.3 is 5.73 Å². The van der Waals surface area contributed by atoms with Gasteiger partial charge in [-0.25, -0.2) is 4.98 Å². The van der Waals surface area contributed by atoms with Crippen molar-refractivity contribution < 1.29 is 0 Å². The van der Waals surface area contributed by atoms with Crippen molar-refractivity contribution in [3.05, 3.63) is 49.9 Å². The minimum atomic E-state index is -0.363. The Morgan fingerprint density at radius 1 is 1.40 bits per heavy atom. The van der Waals surface area contributed by atoms with Crippen LogP contribution in [-0.2, 0) is 6.54 Å². The molecule has 2 aromatic heterocycles. The van der Waals surface area contributed by atoms with Crippen molar-refractivity contribution in [3.8, 4) is 0 Å². The summed E-state index contributed by atoms with van der Waals surface area (Å²) in [5, 5.41) is 0.647. The van der Waals surface area contributed by atoms with Gasteiger partial charge in [0.15, 0.2) is 15.9 Å². The lowest BCUT2D eigenvalue weighted by Crippen LogP contribution is -2.12. The Balaban J connectivity index is 2.16. The molecule has 3 aromatic rings. The quantitative estimate of drug-likeness (QED) is 0.690. The highest BCUT2D eigenvalue weighted by Gasteiger charge is 2.14. The fourth-order valence-electron chi connectivity index (χ4n) is 1.96. The van der Waals surface area contributed by atoms with E-state index < -0.39 is 0 Å². The highest BCUT2D eigenvalue weighted by Crippen LogP contribution is 2.19. The van der Waals surface area contributed by atoms with Crippen molar-refractivity contribution in [1.82, 2.24) is 19.5 Å². The summed E-state index contributed by atoms with van der Waals surface area (Å²) in [6.45, 7) is 0.480. The standard InChI is InChI=1S/C12H9BrClN5O/c13-11-16-8-9(17-12(15)18-10(8)20)19(11)5-6-2-1-3-7(14)4-6/h1-4H,5H2,(H3,15,17,18,20). The second kappa shape index (κ2) is 4.92. The molecule has 102 valence electrons. The second-order valence-electron chi connectivity index (χ2n) is 4.22. The van der Waals surface area contributed by atoms with E-state index in [1.807, 2.05) is 18.2 Å². The summed E-state index contributed by atoms with van der Waals surface area (Å²) < 4.78 is 2.27. The molecule has 0 radical (unpaired) electrons. The minimum absolute atomic E-state index is 0.0576. The molecule has 0 aliphatic heterocycles. The zero-order valence-corrected chi connectivity index (χ0v) is 12.4. The molecule has 3 rings (SSSR count). The highest BCUT2D eigenvalue weighted by molar-refractivity contribution is 9.10. The molecule has 0 atom stereocenters. The number of halogens is 2. The predicted molar refractivity (Wildman–Crippen MR) is 80.8 cm³/mol. The molecule has 0 fully saturated rings. The monoisotopic (exact) mass is 353 g/mol. The molecule has 0 unspecified atom stereocenters. The maximum absolute atomic E-state index is 11.8. The number of rotatable bonds is 2. The van der Waals surface area contributed by atoms with Gasteiger partial charge in [0.1, 0.15) is 0 Å². The van der Waals surface area contributed by atoms with Crippen LogP contribution in [0.5, 0.6) is 0 Å². The maximum Gasteiger partial charge on any atom is 0.280 e. The normalized spacial score (nSPS) is 11.1. The van der Waals surface area contributed by atoms with Crippen LogP contribution in [0, 0.1) is 0 Å². The lowest BCUT2D eigenvalue weighted by atomic mass is 10.2. The van der Waals surface area contributed by atoms with Crippen LogP contribution in [0.25, 0.3) is 11.2 Å². The average molecular weight is 355 g/mol. The molecule has 2 heterocycles. The number of nitrogens with zero attached hydrogens (tertiary/aromatic N) is 3. The number of hydrogen-bond acceptors (Lipinski definition) is 4. The van der Waals surface area contributed by atoms with Crippen molar-refractivity contribution in [2.45, 2.75) is 6.54 Å². The Morgan fingerprint density at radius 2 is 2.20 bits per heavy atom. The van der Waals surface area contributed by atoms with E-state index in [4.69, 9.17) is 17.3 Å². The van der Waals surface area contributed by atoms with Gasteiger partial charge in [-0.15, -0.1) is 0 Å². The lowest BCUT2D eigenvalue weighted by Gasteiger charge is -2.06. The Kier molecular flexibility index (Phi) is 3.23. The fourth-order valence-corrected chi connectivity index (χ4v) is 2.64. The topological polar surface area (TPSA) is 89.6 Å². The smallest absolute Gasteiger partial charge is 0.280 e. The average Bonchev–Trinajstić information content (AvgIpc) is 2.68. The SMILES string of the molecule is Nc1nc2c(nc(Br)n2Cc2cccc(Cl)c2)c(=O)[nH]1. The van der Waals surface area contributed by atoms with E-state index in [2.05, 4.69) is 30.9 Å². The van der Waals surface area contributed by atoms with Crippen LogP contribution in [-0.4, -0.2) is 19.5 Å². The molecule has 1 aromatic carbocycles. The number of nitrogen functional groups attached to an aromatic ring is 1. The largest absolute Gasteiger partial charge is 0.369 e. The fraction of sp³-hybridized carbons (Fsp3) is 0.0833. The first-order valence-corrected chi connectivity index (χ1v) is 6.87. The number of benzene rings is 1. The maximum atomic E-state index is 11.8. The molecule has 0 bridgehead atoms. The Morgan fingerprint density at radius 3 is 2.95 bits per heavy atom. The first-order chi connectivity index (χ1) is 9.54. The van der Waals surface area contributed by atoms with Crippen LogP contribution in [0.4, 0.5) is 5.95 Å². The number of imidazole rings is 1. The van der Waals surface area contributed by atoms with Gasteiger partial charge in [-0.3, -0.25) is 14.3 Å². The summed E-state index contributed by atoms with van der Waals surface area (Å²) in [6.07, 6.45) is 0. The molecule has 8 heteroatoms. The van der Waals surface area contributed by atoms with Crippen LogP contribution in [0.2, 0.25) is 5.02 Å². The van der Waals surface area contributed by atoms with E-state index >= 15 is 0 Å². The van der Waals surface area contributed by atoms with E-state index in [1.54, 1.807) is 10.6 Å². The Hall–Kier alpha value is -1.86. The molecular formula is C12H9BrClN5O. The third kappa shape index (κ3) is 2.30. The summed E-state index contributed by atoms with van der Waals surface area (Å²) in [5.74, 6) is 0.0576. The summed E-state index contributed by atoms with van der Waals surface area (Å²) in [7, 11) is 0. The Bertz CT molecular complexity index is 857. The van der Waals surface area contributed by atoms with Gasteiger partial charge in [-0.05, 0) is 33.6 Å². The number of H-pyrrole nitrogens is 1. The second-order valence-corrected chi connectivity index (χ2v) is 5.37. The predicted octanol–water partition coefficient (Wildman–Crippen LogP) is 2.17. The van der Waals surface area contributed by atoms with Crippen molar-refractivity contribution in [2.24, 2.45) is 0 Å². The van der Waals surface area contributed by atoms with Crippen molar-refractivity contribution in [3.63, 3.8) is 0 Å². The molecule has 0 aliphatic carbocycles. The van der Waals surface area contributed by atoms with Gasteiger partial charge in [0, 0.05) is 5.02 Å². The number of hydrogen-bond donors (Lipinski definition) is 2. The molecule has 0 spiro atoms. The number of aromatic nitrogens is 4. The van der Waals surface area contributed by atoms with Gasteiger partial charge in [-0.2, -0.15) is 4.98 Å². The minimum Gasteiger partial charge on any atom is -0.369 e. The molecule has 0 saturated heterocycles. The van der Waals surface area contributed by atoms with E-state index in [9.17, 15) is 4.79 Å². The van der Waals surface area contributed by atoms with E-state index in [0.717, 1.165) is 5.56 Å². The summed E-state index contributed by atoms with van der Waals surface area (Å²) in [6, 6.07) is 7.43. The van der Waals surface area contributed by atoms with Gasteiger partial charge in [0.25, 0.3) is 5.56 Å². The van der Waals surface area contributed by atoms with E-state index in [0.29, 0.717) is 21.9 Å². The van der Waals surface area contributed by atoms with E-state index in [-0.39, 0.29) is 17.0 Å². The zero-order valence-electron chi connectivity index (χ0n) is 10.1. The zero-order chi connectivity index (χ0) is 14.3. The van der Waals surface area contributed by atoms with Gasteiger partial charge in [-0.1, -0.05) is 23.7 Å². The lowest BCUT2D eigenvalue weighted by molar-refractivity contribution is 0.791. The number of nitrogens with one attached hydrogen (secondary N) is 1. The highest BCUT2D eigenvalue weighted by atomic mass is 79.9. The Labute approximate surface area is 126 Å². The third-order valence-corrected chi connectivity index (χ3v) is 3.65. The first-order valence-electron chi connectivity index (χ1n) is 5.70. The van der Waals surface area contributed by atoms with Gasteiger partial charge in [0.2, 0.25) is 5.95 Å². The van der Waals surface area contributed by atoms with E-state index in [1.165, 1.54) is 0 Å². The number of nitrogens with two attached hydrogens (primary N) is 1. The summed E-state index contributed by atoms with van der Waals surface area (Å²) in [4.78, 5) is 22.5. The van der Waals surface area contributed by atoms with Gasteiger partial charge >= 0.3 is 0 Å². The van der Waals surface area contributed by atoms with Crippen molar-refractivity contribution in [1.29, 1.82) is 0 Å². The summed E-state index contributed by atoms with van der Waals surface area (Å²) in [5.41, 5.74) is 6.86. The molecule has 20 heavy (non-hydrogen) atoms. The van der Waals surface area contributed by atoms with Crippen LogP contribution in [0.3, 0.4) is 0 Å². The number of aromatic amines is 1. The number of anilines is 1. The molecule has 6 nitrogen and oxygen atoms in total.